The van der Waals surface area contributed by atoms with E-state index in [-0.39, 0.29) is 11.9 Å². The molecule has 0 unspecified atom stereocenters. The van der Waals surface area contributed by atoms with E-state index in [2.05, 4.69) is 20.6 Å². The van der Waals surface area contributed by atoms with E-state index in [1.165, 1.54) is 12.8 Å². The van der Waals surface area contributed by atoms with Crippen LogP contribution >= 0.6 is 0 Å². The Morgan fingerprint density at radius 1 is 1.04 bits per heavy atom. The van der Waals surface area contributed by atoms with Crippen LogP contribution in [0.25, 0.3) is 10.9 Å². The molecule has 144 valence electrons. The van der Waals surface area contributed by atoms with Crippen molar-refractivity contribution in [3.63, 3.8) is 0 Å². The topological polar surface area (TPSA) is 87.1 Å². The van der Waals surface area contributed by atoms with Crippen molar-refractivity contribution in [2.24, 2.45) is 5.92 Å². The molecule has 0 saturated heterocycles. The molecule has 2 aromatic rings. The largest absolute Gasteiger partial charge is 0.390 e. The standard InChI is InChI=1S/C21H28N4O2/c1-21(2,27)15-3-5-17(6-4-15)25-20(26)14-9-13-11-23-19(24-16-7-8-16)10-18(13)22-12-14/h9-12,15-17,27H,3-8H2,1-2H3,(H,23,24)(H,25,26). The molecule has 6 heteroatoms. The Labute approximate surface area is 159 Å². The number of fused-ring (bicyclic) bond motifs is 1. The first kappa shape index (κ1) is 18.2. The third kappa shape index (κ3) is 4.38. The molecule has 2 fully saturated rings. The smallest absolute Gasteiger partial charge is 0.253 e. The van der Waals surface area contributed by atoms with E-state index in [1.807, 2.05) is 26.0 Å². The van der Waals surface area contributed by atoms with Crippen LogP contribution in [0.3, 0.4) is 0 Å². The van der Waals surface area contributed by atoms with E-state index in [0.717, 1.165) is 42.4 Å². The third-order valence-electron chi connectivity index (χ3n) is 5.82. The Hall–Kier alpha value is -2.21. The van der Waals surface area contributed by atoms with Crippen LogP contribution in [0, 0.1) is 5.92 Å². The van der Waals surface area contributed by atoms with Crippen molar-refractivity contribution in [3.8, 4) is 0 Å². The van der Waals surface area contributed by atoms with Gasteiger partial charge in [-0.05, 0) is 64.4 Å². The summed E-state index contributed by atoms with van der Waals surface area (Å²) in [7, 11) is 0. The molecule has 0 aromatic carbocycles. The highest BCUT2D eigenvalue weighted by molar-refractivity contribution is 5.97. The Morgan fingerprint density at radius 3 is 2.41 bits per heavy atom. The van der Waals surface area contributed by atoms with Gasteiger partial charge in [-0.25, -0.2) is 4.98 Å². The Bertz CT molecular complexity index is 834. The summed E-state index contributed by atoms with van der Waals surface area (Å²) in [6.45, 7) is 3.74. The number of aromatic nitrogens is 2. The van der Waals surface area contributed by atoms with Gasteiger partial charge in [0.15, 0.2) is 0 Å². The second kappa shape index (κ2) is 7.08. The van der Waals surface area contributed by atoms with Gasteiger partial charge in [0.1, 0.15) is 5.82 Å². The maximum atomic E-state index is 12.6. The summed E-state index contributed by atoms with van der Waals surface area (Å²) in [4.78, 5) is 21.5. The maximum Gasteiger partial charge on any atom is 0.253 e. The van der Waals surface area contributed by atoms with Crippen molar-refractivity contribution in [1.29, 1.82) is 0 Å². The third-order valence-corrected chi connectivity index (χ3v) is 5.82. The number of carbonyl (C=O) groups is 1. The molecule has 27 heavy (non-hydrogen) atoms. The second-order valence-electron chi connectivity index (χ2n) is 8.58. The summed E-state index contributed by atoms with van der Waals surface area (Å²) in [6, 6.07) is 4.50. The zero-order valence-corrected chi connectivity index (χ0v) is 16.0. The van der Waals surface area contributed by atoms with Gasteiger partial charge in [0.05, 0.1) is 16.7 Å². The lowest BCUT2D eigenvalue weighted by atomic mass is 9.77. The van der Waals surface area contributed by atoms with Crippen molar-refractivity contribution in [1.82, 2.24) is 15.3 Å². The fourth-order valence-corrected chi connectivity index (χ4v) is 3.88. The molecule has 1 amide bonds. The molecule has 4 rings (SSSR count). The van der Waals surface area contributed by atoms with Gasteiger partial charge >= 0.3 is 0 Å². The normalized spacial score (nSPS) is 23.2. The van der Waals surface area contributed by atoms with Crippen LogP contribution in [-0.2, 0) is 0 Å². The highest BCUT2D eigenvalue weighted by Crippen LogP contribution is 2.32. The number of amides is 1. The van der Waals surface area contributed by atoms with Gasteiger partial charge in [0, 0.05) is 35.9 Å². The lowest BCUT2D eigenvalue weighted by Gasteiger charge is -2.36. The monoisotopic (exact) mass is 368 g/mol. The van der Waals surface area contributed by atoms with Crippen LogP contribution in [0.1, 0.15) is 62.7 Å². The molecule has 3 N–H and O–H groups in total. The van der Waals surface area contributed by atoms with Crippen LogP contribution in [0.15, 0.2) is 24.5 Å². The molecule has 2 saturated carbocycles. The fraction of sp³-hybridized carbons (Fsp3) is 0.571. The van der Waals surface area contributed by atoms with Crippen LogP contribution in [0.4, 0.5) is 5.82 Å². The average molecular weight is 368 g/mol. The Kier molecular flexibility index (Phi) is 4.76. The second-order valence-corrected chi connectivity index (χ2v) is 8.58. The highest BCUT2D eigenvalue weighted by atomic mass is 16.3. The minimum atomic E-state index is -0.641. The van der Waals surface area contributed by atoms with Crippen molar-refractivity contribution < 1.29 is 9.90 Å². The van der Waals surface area contributed by atoms with Crippen LogP contribution in [0.5, 0.6) is 0 Å². The number of hydrogen-bond donors (Lipinski definition) is 3. The van der Waals surface area contributed by atoms with Gasteiger partial charge in [0.2, 0.25) is 0 Å². The minimum Gasteiger partial charge on any atom is -0.390 e. The first-order valence-electron chi connectivity index (χ1n) is 9.94. The molecule has 0 radical (unpaired) electrons. The Morgan fingerprint density at radius 2 is 1.74 bits per heavy atom. The van der Waals surface area contributed by atoms with Crippen molar-refractivity contribution in [2.75, 3.05) is 5.32 Å². The number of rotatable bonds is 5. The number of aliphatic hydroxyl groups is 1. The number of nitrogens with one attached hydrogen (secondary N) is 2. The van der Waals surface area contributed by atoms with Crippen LogP contribution in [0.2, 0.25) is 0 Å². The van der Waals surface area contributed by atoms with Crippen molar-refractivity contribution in [3.05, 3.63) is 30.1 Å². The molecule has 0 spiro atoms. The number of carbonyl (C=O) groups excluding carboxylic acids is 1. The van der Waals surface area contributed by atoms with E-state index in [4.69, 9.17) is 0 Å². The van der Waals surface area contributed by atoms with E-state index in [9.17, 15) is 9.90 Å². The van der Waals surface area contributed by atoms with E-state index < -0.39 is 5.60 Å². The number of pyridine rings is 2. The Balaban J connectivity index is 1.39. The van der Waals surface area contributed by atoms with Crippen molar-refractivity contribution >= 4 is 22.6 Å². The van der Waals surface area contributed by atoms with E-state index >= 15 is 0 Å². The zero-order chi connectivity index (χ0) is 19.0. The first-order valence-corrected chi connectivity index (χ1v) is 9.94. The van der Waals surface area contributed by atoms with Gasteiger partial charge in [-0.3, -0.25) is 9.78 Å². The van der Waals surface area contributed by atoms with Gasteiger partial charge in [-0.1, -0.05) is 0 Å². The first-order chi connectivity index (χ1) is 12.9. The molecule has 0 atom stereocenters. The summed E-state index contributed by atoms with van der Waals surface area (Å²) in [5, 5.41) is 17.5. The molecule has 0 aliphatic heterocycles. The summed E-state index contributed by atoms with van der Waals surface area (Å²) in [6.07, 6.45) is 9.49. The van der Waals surface area contributed by atoms with Gasteiger partial charge in [-0.15, -0.1) is 0 Å². The number of nitrogens with zero attached hydrogens (tertiary/aromatic N) is 2. The molecule has 2 aliphatic rings. The van der Waals surface area contributed by atoms with Gasteiger partial charge in [0.25, 0.3) is 5.91 Å². The average Bonchev–Trinajstić information content (AvgIpc) is 3.45. The highest BCUT2D eigenvalue weighted by Gasteiger charge is 2.31. The lowest BCUT2D eigenvalue weighted by molar-refractivity contribution is -0.00257. The molecule has 2 aliphatic carbocycles. The fourth-order valence-electron chi connectivity index (χ4n) is 3.88. The summed E-state index contributed by atoms with van der Waals surface area (Å²) in [5.41, 5.74) is 0.768. The summed E-state index contributed by atoms with van der Waals surface area (Å²) < 4.78 is 0. The predicted molar refractivity (Wildman–Crippen MR) is 106 cm³/mol. The summed E-state index contributed by atoms with van der Waals surface area (Å²) >= 11 is 0. The number of hydrogen-bond acceptors (Lipinski definition) is 5. The van der Waals surface area contributed by atoms with Gasteiger partial charge in [-0.2, -0.15) is 0 Å². The number of anilines is 1. The van der Waals surface area contributed by atoms with E-state index in [1.54, 1.807) is 12.4 Å². The zero-order valence-electron chi connectivity index (χ0n) is 16.0. The molecular weight excluding hydrogens is 340 g/mol. The predicted octanol–water partition coefficient (Wildman–Crippen LogP) is 3.26. The minimum absolute atomic E-state index is 0.0868. The SMILES string of the molecule is CC(C)(O)C1CCC(NC(=O)c2cnc3cc(NC4CC4)ncc3c2)CC1. The molecular formula is C21H28N4O2. The van der Waals surface area contributed by atoms with E-state index in [0.29, 0.717) is 17.5 Å². The van der Waals surface area contributed by atoms with Crippen LogP contribution < -0.4 is 10.6 Å². The molecule has 6 nitrogen and oxygen atoms in total. The van der Waals surface area contributed by atoms with Gasteiger partial charge < -0.3 is 15.7 Å². The molecule has 0 bridgehead atoms. The molecule has 2 aromatic heterocycles. The van der Waals surface area contributed by atoms with Crippen molar-refractivity contribution in [2.45, 2.75) is 70.1 Å². The molecule has 2 heterocycles. The quantitative estimate of drug-likeness (QED) is 0.754. The maximum absolute atomic E-state index is 12.6. The van der Waals surface area contributed by atoms with Crippen LogP contribution in [-0.4, -0.2) is 38.7 Å². The lowest BCUT2D eigenvalue weighted by Crippen LogP contribution is -2.41. The summed E-state index contributed by atoms with van der Waals surface area (Å²) in [5.74, 6) is 1.06.